The van der Waals surface area contributed by atoms with E-state index in [4.69, 9.17) is 0 Å². The van der Waals surface area contributed by atoms with Crippen LogP contribution in [-0.4, -0.2) is 47.0 Å². The lowest BCUT2D eigenvalue weighted by Crippen LogP contribution is -2.45. The van der Waals surface area contributed by atoms with Crippen LogP contribution in [0.3, 0.4) is 0 Å². The number of nitrogens with zero attached hydrogens (tertiary/aromatic N) is 4. The van der Waals surface area contributed by atoms with Crippen LogP contribution in [0.25, 0.3) is 10.6 Å². The van der Waals surface area contributed by atoms with E-state index in [0.717, 1.165) is 23.4 Å². The number of amides is 2. The topological polar surface area (TPSA) is 66.4 Å². The zero-order chi connectivity index (χ0) is 17.8. The summed E-state index contributed by atoms with van der Waals surface area (Å²) in [6.07, 6.45) is 2.89. The van der Waals surface area contributed by atoms with Crippen molar-refractivity contribution in [3.8, 4) is 10.6 Å². The van der Waals surface area contributed by atoms with E-state index in [2.05, 4.69) is 16.8 Å². The molecule has 0 radical (unpaired) electrons. The molecule has 1 fully saturated rings. The number of aromatic nitrogens is 2. The van der Waals surface area contributed by atoms with E-state index in [9.17, 15) is 9.59 Å². The predicted octanol–water partition coefficient (Wildman–Crippen LogP) is 2.59. The molecule has 1 aliphatic heterocycles. The fourth-order valence-electron chi connectivity index (χ4n) is 2.92. The second-order valence-electron chi connectivity index (χ2n) is 5.98. The molecule has 0 saturated carbocycles. The summed E-state index contributed by atoms with van der Waals surface area (Å²) in [6, 6.07) is 9.76. The highest BCUT2D eigenvalue weighted by Gasteiger charge is 2.31. The fraction of sp³-hybridized carbons (Fsp3) is 0.333. The van der Waals surface area contributed by atoms with Crippen LogP contribution in [-0.2, 0) is 9.59 Å². The molecule has 1 aromatic heterocycles. The molecule has 0 spiro atoms. The van der Waals surface area contributed by atoms with Crippen molar-refractivity contribution in [3.05, 3.63) is 43.0 Å². The number of carbonyl (C=O) groups is 2. The van der Waals surface area contributed by atoms with Crippen molar-refractivity contribution < 1.29 is 9.59 Å². The zero-order valence-corrected chi connectivity index (χ0v) is 14.9. The minimum atomic E-state index is -0.216. The summed E-state index contributed by atoms with van der Waals surface area (Å²) in [6.45, 7) is 4.62. The average Bonchev–Trinajstić information content (AvgIpc) is 3.17. The quantitative estimate of drug-likeness (QED) is 0.790. The van der Waals surface area contributed by atoms with Gasteiger partial charge in [0.2, 0.25) is 16.9 Å². The van der Waals surface area contributed by atoms with Gasteiger partial charge in [0, 0.05) is 25.7 Å². The summed E-state index contributed by atoms with van der Waals surface area (Å²) >= 11 is 1.38. The first-order chi connectivity index (χ1) is 12.1. The van der Waals surface area contributed by atoms with E-state index in [1.165, 1.54) is 17.4 Å². The molecule has 6 nitrogen and oxygen atoms in total. The number of carbonyl (C=O) groups excluding carboxylic acids is 2. The molecule has 0 N–H and O–H groups in total. The second kappa shape index (κ2) is 7.57. The first-order valence-electron chi connectivity index (χ1n) is 8.18. The van der Waals surface area contributed by atoms with E-state index in [-0.39, 0.29) is 17.7 Å². The fourth-order valence-corrected chi connectivity index (χ4v) is 3.74. The normalized spacial score (nSPS) is 17.2. The summed E-state index contributed by atoms with van der Waals surface area (Å²) in [5.41, 5.74) is 0.979. The first-order valence-corrected chi connectivity index (χ1v) is 8.99. The molecule has 1 aliphatic rings. The molecule has 2 amide bonds. The largest absolute Gasteiger partial charge is 0.338 e. The summed E-state index contributed by atoms with van der Waals surface area (Å²) in [5, 5.41) is 9.69. The van der Waals surface area contributed by atoms with Crippen molar-refractivity contribution in [3.63, 3.8) is 0 Å². The maximum absolute atomic E-state index is 12.8. The van der Waals surface area contributed by atoms with Gasteiger partial charge in [-0.2, -0.15) is 0 Å². The molecule has 1 aromatic carbocycles. The summed E-state index contributed by atoms with van der Waals surface area (Å²) in [4.78, 5) is 27.8. The van der Waals surface area contributed by atoms with Crippen molar-refractivity contribution >= 4 is 28.3 Å². The van der Waals surface area contributed by atoms with Gasteiger partial charge in [-0.05, 0) is 18.9 Å². The number of benzene rings is 1. The van der Waals surface area contributed by atoms with Crippen LogP contribution < -0.4 is 4.90 Å². The van der Waals surface area contributed by atoms with Crippen LogP contribution in [0.15, 0.2) is 43.0 Å². The van der Waals surface area contributed by atoms with Gasteiger partial charge in [0.1, 0.15) is 5.01 Å². The van der Waals surface area contributed by atoms with Gasteiger partial charge in [-0.1, -0.05) is 48.2 Å². The van der Waals surface area contributed by atoms with E-state index >= 15 is 0 Å². The lowest BCUT2D eigenvalue weighted by Gasteiger charge is -2.32. The SMILES string of the molecule is C=CC(=O)N1CCCC(C(=O)N(C)c2nnc(-c3ccccc3)s2)C1. The standard InChI is InChI=1S/C18H20N4O2S/c1-3-15(23)22-11-7-10-14(12-22)17(24)21(2)18-20-19-16(25-18)13-8-5-4-6-9-13/h3-6,8-9,14H,1,7,10-12H2,2H3. The molecular weight excluding hydrogens is 336 g/mol. The molecule has 25 heavy (non-hydrogen) atoms. The van der Waals surface area contributed by atoms with Crippen molar-refractivity contribution in [1.82, 2.24) is 15.1 Å². The Morgan fingerprint density at radius 3 is 2.80 bits per heavy atom. The third-order valence-electron chi connectivity index (χ3n) is 4.31. The van der Waals surface area contributed by atoms with Gasteiger partial charge < -0.3 is 4.90 Å². The minimum absolute atomic E-state index is 0.0303. The number of likely N-dealkylation sites (tertiary alicyclic amines) is 1. The Morgan fingerprint density at radius 1 is 1.32 bits per heavy atom. The summed E-state index contributed by atoms with van der Waals surface area (Å²) < 4.78 is 0. The Kier molecular flexibility index (Phi) is 5.23. The minimum Gasteiger partial charge on any atom is -0.338 e. The number of anilines is 1. The zero-order valence-electron chi connectivity index (χ0n) is 14.1. The van der Waals surface area contributed by atoms with Gasteiger partial charge in [0.05, 0.1) is 5.92 Å². The van der Waals surface area contributed by atoms with E-state index < -0.39 is 0 Å². The van der Waals surface area contributed by atoms with Gasteiger partial charge in [0.25, 0.3) is 0 Å². The monoisotopic (exact) mass is 356 g/mol. The molecule has 1 saturated heterocycles. The van der Waals surface area contributed by atoms with Gasteiger partial charge in [0.15, 0.2) is 0 Å². The summed E-state index contributed by atoms with van der Waals surface area (Å²) in [7, 11) is 1.71. The lowest BCUT2D eigenvalue weighted by molar-refractivity contribution is -0.130. The van der Waals surface area contributed by atoms with Crippen LogP contribution in [0.1, 0.15) is 12.8 Å². The van der Waals surface area contributed by atoms with Crippen molar-refractivity contribution in [2.24, 2.45) is 5.92 Å². The number of hydrogen-bond acceptors (Lipinski definition) is 5. The third-order valence-corrected chi connectivity index (χ3v) is 5.36. The summed E-state index contributed by atoms with van der Waals surface area (Å²) in [5.74, 6) is -0.369. The van der Waals surface area contributed by atoms with Crippen molar-refractivity contribution in [1.29, 1.82) is 0 Å². The Morgan fingerprint density at radius 2 is 2.08 bits per heavy atom. The molecule has 2 aromatic rings. The molecule has 3 rings (SSSR count). The van der Waals surface area contributed by atoms with Gasteiger partial charge in [-0.15, -0.1) is 10.2 Å². The highest BCUT2D eigenvalue weighted by Crippen LogP contribution is 2.29. The lowest BCUT2D eigenvalue weighted by atomic mass is 9.96. The van der Waals surface area contributed by atoms with E-state index in [1.54, 1.807) is 16.8 Å². The average molecular weight is 356 g/mol. The molecule has 2 heterocycles. The number of hydrogen-bond donors (Lipinski definition) is 0. The van der Waals surface area contributed by atoms with E-state index in [0.29, 0.717) is 18.2 Å². The van der Waals surface area contributed by atoms with Crippen LogP contribution in [0.4, 0.5) is 5.13 Å². The van der Waals surface area contributed by atoms with Crippen LogP contribution >= 0.6 is 11.3 Å². The molecule has 1 unspecified atom stereocenters. The predicted molar refractivity (Wildman–Crippen MR) is 98.3 cm³/mol. The highest BCUT2D eigenvalue weighted by molar-refractivity contribution is 7.18. The maximum atomic E-state index is 12.8. The van der Waals surface area contributed by atoms with Crippen LogP contribution in [0.5, 0.6) is 0 Å². The number of piperidine rings is 1. The third kappa shape index (κ3) is 3.76. The first kappa shape index (κ1) is 17.3. The molecule has 0 bridgehead atoms. The Hall–Kier alpha value is -2.54. The Balaban J connectivity index is 1.71. The van der Waals surface area contributed by atoms with Crippen molar-refractivity contribution in [2.75, 3.05) is 25.0 Å². The highest BCUT2D eigenvalue weighted by atomic mass is 32.1. The van der Waals surface area contributed by atoms with Gasteiger partial charge >= 0.3 is 0 Å². The Labute approximate surface area is 150 Å². The maximum Gasteiger partial charge on any atom is 0.245 e. The second-order valence-corrected chi connectivity index (χ2v) is 6.94. The molecular formula is C18H20N4O2S. The molecule has 130 valence electrons. The van der Waals surface area contributed by atoms with Crippen molar-refractivity contribution in [2.45, 2.75) is 12.8 Å². The smallest absolute Gasteiger partial charge is 0.245 e. The molecule has 0 aliphatic carbocycles. The Bertz CT molecular complexity index is 774. The molecule has 7 heteroatoms. The number of rotatable bonds is 4. The van der Waals surface area contributed by atoms with Crippen LogP contribution in [0, 0.1) is 5.92 Å². The molecule has 1 atom stereocenters. The van der Waals surface area contributed by atoms with E-state index in [1.807, 2.05) is 30.3 Å². The van der Waals surface area contributed by atoms with Gasteiger partial charge in [-0.25, -0.2) is 0 Å². The van der Waals surface area contributed by atoms with Crippen LogP contribution in [0.2, 0.25) is 0 Å². The van der Waals surface area contributed by atoms with Gasteiger partial charge in [-0.3, -0.25) is 14.5 Å².